The van der Waals surface area contributed by atoms with E-state index in [2.05, 4.69) is 324 Å². The van der Waals surface area contributed by atoms with Crippen LogP contribution in [0.15, 0.2) is 352 Å². The van der Waals surface area contributed by atoms with Gasteiger partial charge in [0.2, 0.25) is 0 Å². The lowest BCUT2D eigenvalue weighted by Gasteiger charge is -2.47. The van der Waals surface area contributed by atoms with Gasteiger partial charge in [-0.05, 0) is 178 Å². The number of anilines is 6. The number of aromatic nitrogens is 1. The summed E-state index contributed by atoms with van der Waals surface area (Å²) < 4.78 is 86.7. The molecule has 0 aliphatic carbocycles. The Morgan fingerprint density at radius 3 is 1.19 bits per heavy atom. The number of rotatable bonds is 10. The molecule has 0 unspecified atom stereocenters. The molecule has 0 N–H and O–H groups in total. The van der Waals surface area contributed by atoms with Crippen LogP contribution in [0.1, 0.15) is 85.9 Å². The Morgan fingerprint density at radius 2 is 0.731 bits per heavy atom. The van der Waals surface area contributed by atoms with Gasteiger partial charge in [-0.3, -0.25) is 0 Å². The fourth-order valence-electron chi connectivity index (χ4n) is 16.5. The molecule has 3 aliphatic rings. The zero-order chi connectivity index (χ0) is 77.0. The fraction of sp³-hybridized carbons (Fsp3) is 0.0909. The molecule has 5 heteroatoms. The van der Waals surface area contributed by atoms with E-state index < -0.39 is 60.5 Å². The van der Waals surface area contributed by atoms with Crippen LogP contribution in [0.25, 0.3) is 83.1 Å². The Labute approximate surface area is 621 Å². The predicted octanol–water partition coefficient (Wildman–Crippen LogP) is 24.3. The van der Waals surface area contributed by atoms with E-state index in [0.29, 0.717) is 22.9 Å². The third kappa shape index (κ3) is 10.3. The smallest absolute Gasteiger partial charge is 0.252 e. The third-order valence-corrected chi connectivity index (χ3v) is 21.6. The Balaban J connectivity index is 1.03. The molecule has 16 aromatic rings. The molecule has 15 aromatic carbocycles. The standard InChI is InChI=1S/C99H76BN3O/c1-97(2,3)77-53-74(54-78(60-77)98(4,5)6)69-49-50-86-90(59-69)102(79-55-70(65-31-13-7-14-32-65)51-71(56-79)66-33-15-8-16-34-66)92-61-81(101-88-46-28-25-43-82(88)83-44-26-29-47-89(83)101)62-93-96(92)100(86)87-63-85-95(104-94-48-30-27-45-84(94)99(85,75-39-21-11-22-40-75)76-41-23-12-24-42-76)64-91(87)103(93)80-57-72(67-35-17-9-18-36-67)52-73(58-80)68-37-19-10-20-38-68/h7-64H,1-6H3/i25D,26D,28D,29D,43D,44D,46D,47D. The van der Waals surface area contributed by atoms with Crippen molar-refractivity contribution in [2.24, 2.45) is 0 Å². The van der Waals surface area contributed by atoms with Crippen LogP contribution in [0.3, 0.4) is 0 Å². The third-order valence-electron chi connectivity index (χ3n) is 21.6. The molecule has 0 spiro atoms. The highest BCUT2D eigenvalue weighted by molar-refractivity contribution is 7.00. The van der Waals surface area contributed by atoms with Gasteiger partial charge in [-0.1, -0.05) is 314 Å². The molecule has 0 saturated carbocycles. The number of ether oxygens (including phenoxy) is 1. The molecule has 19 rings (SSSR count). The van der Waals surface area contributed by atoms with Gasteiger partial charge >= 0.3 is 0 Å². The molecule has 0 atom stereocenters. The van der Waals surface area contributed by atoms with Crippen molar-refractivity contribution < 1.29 is 15.7 Å². The first kappa shape index (κ1) is 54.3. The average molecular weight is 1340 g/mol. The van der Waals surface area contributed by atoms with Crippen LogP contribution in [0.5, 0.6) is 11.5 Å². The van der Waals surface area contributed by atoms with Gasteiger partial charge in [0.25, 0.3) is 6.71 Å². The van der Waals surface area contributed by atoms with Crippen LogP contribution in [-0.4, -0.2) is 11.3 Å². The van der Waals surface area contributed by atoms with E-state index >= 15 is 0 Å². The fourth-order valence-corrected chi connectivity index (χ4v) is 16.5. The second kappa shape index (κ2) is 24.4. The van der Waals surface area contributed by atoms with Crippen LogP contribution in [0, 0.1) is 0 Å². The van der Waals surface area contributed by atoms with Gasteiger partial charge < -0.3 is 19.1 Å². The highest BCUT2D eigenvalue weighted by Crippen LogP contribution is 2.58. The van der Waals surface area contributed by atoms with E-state index in [9.17, 15) is 11.0 Å². The summed E-state index contributed by atoms with van der Waals surface area (Å²) in [4.78, 5) is 4.74. The maximum Gasteiger partial charge on any atom is 0.252 e. The van der Waals surface area contributed by atoms with E-state index in [0.717, 1.165) is 123 Å². The van der Waals surface area contributed by atoms with E-state index in [1.807, 2.05) is 30.3 Å². The van der Waals surface area contributed by atoms with Crippen LogP contribution in [-0.2, 0) is 16.2 Å². The van der Waals surface area contributed by atoms with Crippen LogP contribution >= 0.6 is 0 Å². The molecule has 496 valence electrons. The molecule has 0 amide bonds. The summed E-state index contributed by atoms with van der Waals surface area (Å²) in [5.74, 6) is 1.34. The number of hydrogen-bond donors (Lipinski definition) is 0. The molecule has 4 heterocycles. The summed E-state index contributed by atoms with van der Waals surface area (Å²) in [5, 5.41) is -0.0391. The number of nitrogens with zero attached hydrogens (tertiary/aromatic N) is 3. The molecule has 0 bridgehead atoms. The summed E-state index contributed by atoms with van der Waals surface area (Å²) in [7, 11) is 0. The van der Waals surface area contributed by atoms with Crippen molar-refractivity contribution in [1.29, 1.82) is 0 Å². The zero-order valence-corrected chi connectivity index (χ0v) is 58.7. The minimum atomic E-state index is -0.952. The zero-order valence-electron chi connectivity index (χ0n) is 66.7. The molecule has 4 nitrogen and oxygen atoms in total. The molecule has 3 aliphatic heterocycles. The van der Waals surface area contributed by atoms with Gasteiger partial charge in [0, 0.05) is 62.1 Å². The quantitative estimate of drug-likeness (QED) is 0.127. The first-order valence-corrected chi connectivity index (χ1v) is 35.8. The normalized spacial score (nSPS) is 14.5. The number of fused-ring (bicyclic) bond motifs is 9. The Morgan fingerprint density at radius 1 is 0.317 bits per heavy atom. The highest BCUT2D eigenvalue weighted by atomic mass is 16.5. The van der Waals surface area contributed by atoms with Crippen LogP contribution in [0.2, 0.25) is 0 Å². The summed E-state index contributed by atoms with van der Waals surface area (Å²) >= 11 is 0. The Bertz CT molecular complexity index is 6280. The average Bonchev–Trinajstić information content (AvgIpc) is 0.910. The lowest BCUT2D eigenvalue weighted by molar-refractivity contribution is 0.435. The maximum absolute atomic E-state index is 10.1. The Kier molecular flexibility index (Phi) is 12.7. The molecular weight excluding hydrogens is 1260 g/mol. The molecular formula is C99H76BN3O. The van der Waals surface area contributed by atoms with Crippen molar-refractivity contribution in [3.63, 3.8) is 0 Å². The van der Waals surface area contributed by atoms with Crippen molar-refractivity contribution >= 4 is 79.0 Å². The lowest BCUT2D eigenvalue weighted by Crippen LogP contribution is -2.61. The largest absolute Gasteiger partial charge is 0.457 e. The molecule has 104 heavy (non-hydrogen) atoms. The van der Waals surface area contributed by atoms with Crippen LogP contribution < -0.4 is 30.9 Å². The van der Waals surface area contributed by atoms with Crippen molar-refractivity contribution in [2.45, 2.75) is 57.8 Å². The monoisotopic (exact) mass is 1340 g/mol. The summed E-state index contributed by atoms with van der Waals surface area (Å²) in [6.45, 7) is 13.0. The van der Waals surface area contributed by atoms with Crippen molar-refractivity contribution in [3.05, 3.63) is 385 Å². The molecule has 0 saturated heterocycles. The predicted molar refractivity (Wildman–Crippen MR) is 438 cm³/mol. The summed E-state index contributed by atoms with van der Waals surface area (Å²) in [6, 6.07) is 105. The minimum Gasteiger partial charge on any atom is -0.457 e. The number of benzene rings is 15. The van der Waals surface area contributed by atoms with E-state index in [-0.39, 0.29) is 32.6 Å². The van der Waals surface area contributed by atoms with Gasteiger partial charge in [-0.25, -0.2) is 0 Å². The first-order valence-electron chi connectivity index (χ1n) is 39.8. The minimum absolute atomic E-state index is 0.00654. The van der Waals surface area contributed by atoms with Gasteiger partial charge in [-0.15, -0.1) is 0 Å². The topological polar surface area (TPSA) is 20.6 Å². The van der Waals surface area contributed by atoms with Crippen molar-refractivity contribution in [2.75, 3.05) is 9.80 Å². The molecule has 1 aromatic heterocycles. The number of para-hydroxylation sites is 3. The highest BCUT2D eigenvalue weighted by Gasteiger charge is 2.50. The summed E-state index contributed by atoms with van der Waals surface area (Å²) in [5.41, 5.74) is 22.9. The molecule has 0 fully saturated rings. The Hall–Kier alpha value is -12.4. The van der Waals surface area contributed by atoms with Crippen molar-refractivity contribution in [1.82, 2.24) is 4.57 Å². The van der Waals surface area contributed by atoms with E-state index in [1.165, 1.54) is 11.1 Å². The number of hydrogen-bond acceptors (Lipinski definition) is 3. The van der Waals surface area contributed by atoms with Crippen molar-refractivity contribution in [3.8, 4) is 72.8 Å². The SMILES string of the molecule is [2H]c1c([2H])c([2H])c2c(c1[2H])c1c([2H])c([2H])c([2H])c([2H])c1n2-c1cc2c3c(c1)N(c1cc(-c4ccccc4)cc(-c4ccccc4)c1)c1cc4c(cc1B3c1ccc(-c3cc(C(C)(C)C)cc(C(C)(C)C)c3)cc1N2c1cc(-c2ccccc2)cc(-c2ccccc2)c1)C(c1ccccc1)(c1ccccc1)c1ccccc1O4. The first-order chi connectivity index (χ1) is 54.1. The summed E-state index contributed by atoms with van der Waals surface area (Å²) in [6.07, 6.45) is 0. The lowest BCUT2D eigenvalue weighted by atomic mass is 9.33. The van der Waals surface area contributed by atoms with Gasteiger partial charge in [-0.2, -0.15) is 0 Å². The van der Waals surface area contributed by atoms with Gasteiger partial charge in [0.1, 0.15) is 11.5 Å². The molecule has 0 radical (unpaired) electrons. The second-order valence-electron chi connectivity index (χ2n) is 29.8. The van der Waals surface area contributed by atoms with Gasteiger partial charge in [0.15, 0.2) is 0 Å². The van der Waals surface area contributed by atoms with Crippen LogP contribution in [0.4, 0.5) is 34.1 Å². The van der Waals surface area contributed by atoms with E-state index in [4.69, 9.17) is 4.74 Å². The second-order valence-corrected chi connectivity index (χ2v) is 29.8. The van der Waals surface area contributed by atoms with E-state index in [1.54, 1.807) is 4.57 Å². The van der Waals surface area contributed by atoms with Gasteiger partial charge in [0.05, 0.1) is 33.1 Å². The maximum atomic E-state index is 10.1.